The molecule has 1 aliphatic heterocycles. The summed E-state index contributed by atoms with van der Waals surface area (Å²) >= 11 is 0. The summed E-state index contributed by atoms with van der Waals surface area (Å²) in [6.45, 7) is 3.86. The molecule has 0 bridgehead atoms. The van der Waals surface area contributed by atoms with Gasteiger partial charge in [0, 0.05) is 18.5 Å². The van der Waals surface area contributed by atoms with Crippen LogP contribution in [-0.2, 0) is 12.0 Å². The highest BCUT2D eigenvalue weighted by molar-refractivity contribution is 14.0. The van der Waals surface area contributed by atoms with Gasteiger partial charge in [0.05, 0.1) is 19.2 Å². The Balaban J connectivity index is 0.00000225. The lowest BCUT2D eigenvalue weighted by atomic mass is 9.96. The van der Waals surface area contributed by atoms with Crippen molar-refractivity contribution in [1.29, 1.82) is 0 Å². The Morgan fingerprint density at radius 3 is 2.86 bits per heavy atom. The zero-order valence-electron chi connectivity index (χ0n) is 16.1. The average molecular weight is 493 g/mol. The smallest absolute Gasteiger partial charge is 0.191 e. The van der Waals surface area contributed by atoms with Crippen molar-refractivity contribution in [2.24, 2.45) is 4.99 Å². The van der Waals surface area contributed by atoms with Crippen molar-refractivity contribution in [1.82, 2.24) is 10.6 Å². The van der Waals surface area contributed by atoms with Gasteiger partial charge in [-0.15, -0.1) is 24.0 Å². The predicted molar refractivity (Wildman–Crippen MR) is 122 cm³/mol. The van der Waals surface area contributed by atoms with E-state index in [2.05, 4.69) is 29.7 Å². The van der Waals surface area contributed by atoms with Crippen LogP contribution in [0.4, 0.5) is 0 Å². The van der Waals surface area contributed by atoms with E-state index in [0.29, 0.717) is 13.2 Å². The highest BCUT2D eigenvalue weighted by atomic mass is 127. The number of hydrogen-bond acceptors (Lipinski definition) is 3. The molecule has 6 heteroatoms. The molecule has 28 heavy (non-hydrogen) atoms. The number of rotatable bonds is 4. The second kappa shape index (κ2) is 9.13. The van der Waals surface area contributed by atoms with Crippen molar-refractivity contribution >= 4 is 29.9 Å². The molecule has 150 valence electrons. The molecule has 5 nitrogen and oxygen atoms in total. The number of para-hydroxylation sites is 1. The molecule has 0 fully saturated rings. The first-order chi connectivity index (χ1) is 13.2. The van der Waals surface area contributed by atoms with Crippen LogP contribution in [-0.4, -0.2) is 30.8 Å². The van der Waals surface area contributed by atoms with Gasteiger partial charge in [0.15, 0.2) is 5.96 Å². The molecule has 0 radical (unpaired) electrons. The van der Waals surface area contributed by atoms with Crippen LogP contribution in [0.1, 0.15) is 42.5 Å². The van der Waals surface area contributed by atoms with Gasteiger partial charge in [0.25, 0.3) is 0 Å². The summed E-state index contributed by atoms with van der Waals surface area (Å²) in [6, 6.07) is 16.4. The van der Waals surface area contributed by atoms with Crippen LogP contribution in [0.2, 0.25) is 0 Å². The van der Waals surface area contributed by atoms with E-state index < -0.39 is 5.60 Å². The third-order valence-electron chi connectivity index (χ3n) is 5.44. The van der Waals surface area contributed by atoms with E-state index in [1.165, 1.54) is 5.56 Å². The molecule has 2 unspecified atom stereocenters. The minimum Gasteiger partial charge on any atom is -0.493 e. The Kier molecular flexibility index (Phi) is 6.82. The van der Waals surface area contributed by atoms with Gasteiger partial charge in [0.1, 0.15) is 11.4 Å². The molecule has 4 rings (SSSR count). The molecule has 3 N–H and O–H groups in total. The monoisotopic (exact) mass is 493 g/mol. The van der Waals surface area contributed by atoms with Crippen molar-refractivity contribution in [3.8, 4) is 5.75 Å². The number of aliphatic imine (C=N–C) groups is 1. The van der Waals surface area contributed by atoms with Gasteiger partial charge < -0.3 is 20.5 Å². The fourth-order valence-electron chi connectivity index (χ4n) is 4.02. The maximum atomic E-state index is 11.1. The zero-order chi connectivity index (χ0) is 18.7. The van der Waals surface area contributed by atoms with Crippen molar-refractivity contribution in [3.05, 3.63) is 65.2 Å². The van der Waals surface area contributed by atoms with Gasteiger partial charge in [0.2, 0.25) is 0 Å². The Morgan fingerprint density at radius 2 is 2.00 bits per heavy atom. The molecule has 0 amide bonds. The summed E-state index contributed by atoms with van der Waals surface area (Å²) in [5.41, 5.74) is 2.51. The van der Waals surface area contributed by atoms with E-state index in [-0.39, 0.29) is 30.0 Å². The Bertz CT molecular complexity index is 842. The summed E-state index contributed by atoms with van der Waals surface area (Å²) in [5, 5.41) is 18.0. The number of ether oxygens (including phenoxy) is 1. The van der Waals surface area contributed by atoms with Crippen LogP contribution >= 0.6 is 24.0 Å². The average Bonchev–Trinajstić information content (AvgIpc) is 3.04. The van der Waals surface area contributed by atoms with E-state index in [9.17, 15) is 5.11 Å². The summed E-state index contributed by atoms with van der Waals surface area (Å²) in [4.78, 5) is 4.74. The quantitative estimate of drug-likeness (QED) is 0.347. The third kappa shape index (κ3) is 4.27. The van der Waals surface area contributed by atoms with Crippen molar-refractivity contribution in [2.45, 2.75) is 37.8 Å². The fraction of sp³-hybridized carbons (Fsp3) is 0.409. The van der Waals surface area contributed by atoms with Crippen LogP contribution in [0.5, 0.6) is 5.75 Å². The van der Waals surface area contributed by atoms with Crippen LogP contribution in [0.15, 0.2) is 53.5 Å². The largest absolute Gasteiger partial charge is 0.493 e. The van der Waals surface area contributed by atoms with Gasteiger partial charge in [-0.1, -0.05) is 42.5 Å². The predicted octanol–water partition coefficient (Wildman–Crippen LogP) is 3.52. The van der Waals surface area contributed by atoms with Gasteiger partial charge in [-0.3, -0.25) is 0 Å². The van der Waals surface area contributed by atoms with Crippen molar-refractivity contribution in [3.63, 3.8) is 0 Å². The fourth-order valence-corrected chi connectivity index (χ4v) is 4.02. The second-order valence-corrected chi connectivity index (χ2v) is 7.26. The lowest BCUT2D eigenvalue weighted by Gasteiger charge is -2.28. The maximum Gasteiger partial charge on any atom is 0.191 e. The Morgan fingerprint density at radius 1 is 1.21 bits per heavy atom. The number of aliphatic hydroxyl groups is 1. The Hall–Kier alpha value is -1.80. The summed E-state index contributed by atoms with van der Waals surface area (Å²) in [5.74, 6) is 1.66. The van der Waals surface area contributed by atoms with Crippen molar-refractivity contribution in [2.75, 3.05) is 19.7 Å². The maximum absolute atomic E-state index is 11.1. The highest BCUT2D eigenvalue weighted by Crippen LogP contribution is 2.37. The molecule has 1 heterocycles. The number of nitrogens with zero attached hydrogens (tertiary/aromatic N) is 1. The standard InChI is InChI=1S/C22H27N3O2.HI/c1-2-23-21(25-19-12-14-27-20-10-6-4-8-17(19)20)24-15-22(26)13-11-16-7-3-5-9-18(16)22;/h3-10,19,26H,2,11-15H2,1H3,(H2,23,24,25);1H. The molecule has 0 saturated carbocycles. The number of guanidine groups is 1. The Labute approximate surface area is 183 Å². The molecular weight excluding hydrogens is 465 g/mol. The van der Waals surface area contributed by atoms with Crippen molar-refractivity contribution < 1.29 is 9.84 Å². The normalized spacial score (nSPS) is 23.1. The molecular formula is C22H28IN3O2. The van der Waals surface area contributed by atoms with E-state index in [4.69, 9.17) is 9.73 Å². The van der Waals surface area contributed by atoms with Gasteiger partial charge in [-0.25, -0.2) is 4.99 Å². The van der Waals surface area contributed by atoms with Crippen LogP contribution < -0.4 is 15.4 Å². The number of aryl methyl sites for hydroxylation is 1. The molecule has 0 saturated heterocycles. The SMILES string of the molecule is CCNC(=NCC1(O)CCc2ccccc21)NC1CCOc2ccccc21.I. The topological polar surface area (TPSA) is 65.9 Å². The number of halogens is 1. The van der Waals surface area contributed by atoms with Gasteiger partial charge in [-0.05, 0) is 37.0 Å². The summed E-state index contributed by atoms with van der Waals surface area (Å²) in [6.07, 6.45) is 2.50. The molecule has 2 aliphatic rings. The van der Waals surface area contributed by atoms with E-state index in [1.54, 1.807) is 0 Å². The summed E-state index contributed by atoms with van der Waals surface area (Å²) in [7, 11) is 0. The van der Waals surface area contributed by atoms with Gasteiger partial charge in [-0.2, -0.15) is 0 Å². The van der Waals surface area contributed by atoms with Crippen LogP contribution in [0.25, 0.3) is 0 Å². The second-order valence-electron chi connectivity index (χ2n) is 7.26. The molecule has 2 aromatic rings. The van der Waals surface area contributed by atoms with Crippen LogP contribution in [0, 0.1) is 0 Å². The number of nitrogens with one attached hydrogen (secondary N) is 2. The van der Waals surface area contributed by atoms with Gasteiger partial charge >= 0.3 is 0 Å². The van der Waals surface area contributed by atoms with E-state index in [1.807, 2.05) is 36.4 Å². The molecule has 2 atom stereocenters. The first-order valence-electron chi connectivity index (χ1n) is 9.77. The molecule has 1 aliphatic carbocycles. The highest BCUT2D eigenvalue weighted by Gasteiger charge is 2.36. The van der Waals surface area contributed by atoms with E-state index in [0.717, 1.165) is 48.6 Å². The summed E-state index contributed by atoms with van der Waals surface area (Å²) < 4.78 is 5.75. The molecule has 0 aromatic heterocycles. The lowest BCUT2D eigenvalue weighted by Crippen LogP contribution is -2.42. The lowest BCUT2D eigenvalue weighted by molar-refractivity contribution is 0.0485. The number of benzene rings is 2. The number of hydrogen-bond donors (Lipinski definition) is 3. The minimum absolute atomic E-state index is 0. The first-order valence-corrected chi connectivity index (χ1v) is 9.77. The number of fused-ring (bicyclic) bond motifs is 2. The van der Waals surface area contributed by atoms with E-state index >= 15 is 0 Å². The molecule has 2 aromatic carbocycles. The zero-order valence-corrected chi connectivity index (χ0v) is 18.5. The third-order valence-corrected chi connectivity index (χ3v) is 5.44. The first kappa shape index (κ1) is 20.9. The van der Waals surface area contributed by atoms with Crippen LogP contribution in [0.3, 0.4) is 0 Å². The molecule has 0 spiro atoms. The minimum atomic E-state index is -0.882.